The Bertz CT molecular complexity index is 503. The fraction of sp³-hybridized carbons (Fsp3) is 1.00. The van der Waals surface area contributed by atoms with Crippen molar-refractivity contribution in [3.05, 3.63) is 0 Å². The number of aliphatic hydroxyl groups is 4. The van der Waals surface area contributed by atoms with E-state index < -0.39 is 63.1 Å². The molecule has 140 valence electrons. The number of hydrogen-bond donors (Lipinski definition) is 5. The van der Waals surface area contributed by atoms with Gasteiger partial charge in [-0.2, -0.15) is 0 Å². The van der Waals surface area contributed by atoms with Crippen molar-refractivity contribution in [1.82, 2.24) is 0 Å². The lowest BCUT2D eigenvalue weighted by Crippen LogP contribution is -2.63. The zero-order chi connectivity index (χ0) is 17.6. The molecule has 11 nitrogen and oxygen atoms in total. The van der Waals surface area contributed by atoms with Crippen LogP contribution in [0, 0.1) is 0 Å². The van der Waals surface area contributed by atoms with Crippen molar-refractivity contribution in [3.8, 4) is 0 Å². The van der Waals surface area contributed by atoms with Crippen molar-refractivity contribution >= 4 is 7.82 Å². The summed E-state index contributed by atoms with van der Waals surface area (Å²) in [7, 11) is -4.32. The van der Waals surface area contributed by atoms with Gasteiger partial charge < -0.3 is 39.5 Å². The number of aliphatic hydroxyl groups excluding tert-OH is 4. The summed E-state index contributed by atoms with van der Waals surface area (Å²) in [6.45, 7) is 1.24. The third kappa shape index (κ3) is 3.67. The second-order valence-corrected chi connectivity index (χ2v) is 7.48. The minimum absolute atomic E-state index is 0.00611. The van der Waals surface area contributed by atoms with Crippen molar-refractivity contribution in [1.29, 1.82) is 0 Å². The molecular formula is C12H21O11P. The van der Waals surface area contributed by atoms with Gasteiger partial charge in [0.25, 0.3) is 0 Å². The van der Waals surface area contributed by atoms with Gasteiger partial charge in [0, 0.05) is 6.42 Å². The standard InChI is InChI=1S/C12H21O11P/c1-4-5(13)2-6(14)12(20-4)22-10-8(15)9-7(21-11(10)16)3-19-24(17,18)23-9/h4-16H,2-3H2,1H3,(H,17,18)/t4-,5-,6-,7+,8-,9-,10+,11+,12-/m0/s1. The molecule has 5 N–H and O–H groups in total. The van der Waals surface area contributed by atoms with Crippen LogP contribution in [0.25, 0.3) is 0 Å². The number of fused-ring (bicyclic) bond motifs is 1. The first-order valence-corrected chi connectivity index (χ1v) is 9.02. The Balaban J connectivity index is 1.70. The van der Waals surface area contributed by atoms with E-state index in [0.29, 0.717) is 0 Å². The highest BCUT2D eigenvalue weighted by Gasteiger charge is 2.53. The maximum atomic E-state index is 11.5. The maximum absolute atomic E-state index is 11.5. The number of rotatable bonds is 2. The summed E-state index contributed by atoms with van der Waals surface area (Å²) in [5.74, 6) is 0. The lowest BCUT2D eigenvalue weighted by molar-refractivity contribution is -0.350. The molecule has 0 bridgehead atoms. The quantitative estimate of drug-likeness (QED) is 0.335. The van der Waals surface area contributed by atoms with E-state index in [1.807, 2.05) is 0 Å². The third-order valence-corrected chi connectivity index (χ3v) is 5.26. The van der Waals surface area contributed by atoms with E-state index >= 15 is 0 Å². The summed E-state index contributed by atoms with van der Waals surface area (Å²) in [4.78, 5) is 9.36. The van der Waals surface area contributed by atoms with E-state index in [2.05, 4.69) is 4.52 Å². The normalized spacial score (nSPS) is 55.8. The predicted octanol–water partition coefficient (Wildman–Crippen LogP) is -2.18. The highest BCUT2D eigenvalue weighted by Crippen LogP contribution is 2.50. The van der Waals surface area contributed by atoms with E-state index in [4.69, 9.17) is 18.7 Å². The average molecular weight is 372 g/mol. The first kappa shape index (κ1) is 18.6. The fourth-order valence-electron chi connectivity index (χ4n) is 2.89. The van der Waals surface area contributed by atoms with Crippen LogP contribution in [0.3, 0.4) is 0 Å². The summed E-state index contributed by atoms with van der Waals surface area (Å²) < 4.78 is 36.8. The molecule has 10 atom stereocenters. The second-order valence-electron chi connectivity index (χ2n) is 6.07. The van der Waals surface area contributed by atoms with E-state index in [-0.39, 0.29) is 13.0 Å². The molecule has 0 radical (unpaired) electrons. The Hall–Kier alpha value is -0.170. The van der Waals surface area contributed by atoms with Crippen LogP contribution in [0.15, 0.2) is 0 Å². The summed E-state index contributed by atoms with van der Waals surface area (Å²) in [6, 6.07) is 0. The highest BCUT2D eigenvalue weighted by atomic mass is 31.2. The van der Waals surface area contributed by atoms with Crippen LogP contribution in [0.4, 0.5) is 0 Å². The van der Waals surface area contributed by atoms with Crippen LogP contribution in [-0.4, -0.2) is 87.2 Å². The van der Waals surface area contributed by atoms with E-state index in [1.165, 1.54) is 0 Å². The van der Waals surface area contributed by atoms with Gasteiger partial charge in [0.2, 0.25) is 0 Å². The summed E-state index contributed by atoms with van der Waals surface area (Å²) >= 11 is 0. The Morgan fingerprint density at radius 1 is 1.12 bits per heavy atom. The van der Waals surface area contributed by atoms with Crippen molar-refractivity contribution in [2.24, 2.45) is 0 Å². The van der Waals surface area contributed by atoms with Gasteiger partial charge in [-0.05, 0) is 6.92 Å². The first-order valence-electron chi connectivity index (χ1n) is 7.52. The number of hydrogen-bond acceptors (Lipinski definition) is 10. The molecule has 0 aromatic carbocycles. The van der Waals surface area contributed by atoms with Gasteiger partial charge in [0.05, 0.1) is 18.8 Å². The molecule has 0 aromatic rings. The molecule has 1 unspecified atom stereocenters. The van der Waals surface area contributed by atoms with Crippen molar-refractivity contribution < 1.29 is 53.1 Å². The number of ether oxygens (including phenoxy) is 3. The van der Waals surface area contributed by atoms with Crippen molar-refractivity contribution in [3.63, 3.8) is 0 Å². The number of phosphoric ester groups is 1. The Morgan fingerprint density at radius 2 is 1.83 bits per heavy atom. The summed E-state index contributed by atoms with van der Waals surface area (Å²) in [5.41, 5.74) is 0. The lowest BCUT2D eigenvalue weighted by Gasteiger charge is -2.46. The van der Waals surface area contributed by atoms with Gasteiger partial charge in [-0.25, -0.2) is 4.57 Å². The molecule has 3 fully saturated rings. The predicted molar refractivity (Wildman–Crippen MR) is 73.4 cm³/mol. The summed E-state index contributed by atoms with van der Waals surface area (Å²) in [5, 5.41) is 39.9. The van der Waals surface area contributed by atoms with Crippen LogP contribution in [0.5, 0.6) is 0 Å². The molecule has 0 aromatic heterocycles. The van der Waals surface area contributed by atoms with Crippen LogP contribution < -0.4 is 0 Å². The smallest absolute Gasteiger partial charge is 0.390 e. The monoisotopic (exact) mass is 372 g/mol. The average Bonchev–Trinajstić information content (AvgIpc) is 2.49. The largest absolute Gasteiger partial charge is 0.472 e. The van der Waals surface area contributed by atoms with Gasteiger partial charge in [0.1, 0.15) is 30.5 Å². The van der Waals surface area contributed by atoms with Crippen molar-refractivity contribution in [2.75, 3.05) is 6.61 Å². The molecule has 3 aliphatic heterocycles. The molecule has 12 heteroatoms. The second kappa shape index (κ2) is 6.86. The zero-order valence-electron chi connectivity index (χ0n) is 12.7. The zero-order valence-corrected chi connectivity index (χ0v) is 13.6. The molecule has 3 aliphatic rings. The van der Waals surface area contributed by atoms with Gasteiger partial charge in [-0.15, -0.1) is 0 Å². The van der Waals surface area contributed by atoms with E-state index in [0.717, 1.165) is 0 Å². The molecule has 24 heavy (non-hydrogen) atoms. The lowest BCUT2D eigenvalue weighted by atomic mass is 9.98. The van der Waals surface area contributed by atoms with Crippen LogP contribution in [0.1, 0.15) is 13.3 Å². The molecule has 0 aliphatic carbocycles. The van der Waals surface area contributed by atoms with E-state index in [1.54, 1.807) is 6.92 Å². The molecule has 0 saturated carbocycles. The Morgan fingerprint density at radius 3 is 2.54 bits per heavy atom. The Labute approximate surface area is 137 Å². The summed E-state index contributed by atoms with van der Waals surface area (Å²) in [6.07, 6.45) is -10.6. The van der Waals surface area contributed by atoms with Gasteiger partial charge in [-0.3, -0.25) is 9.05 Å². The molecule has 0 spiro atoms. The Kier molecular flexibility index (Phi) is 5.32. The van der Waals surface area contributed by atoms with Crippen LogP contribution >= 0.6 is 7.82 Å². The maximum Gasteiger partial charge on any atom is 0.472 e. The van der Waals surface area contributed by atoms with Gasteiger partial charge >= 0.3 is 7.82 Å². The van der Waals surface area contributed by atoms with Crippen LogP contribution in [-0.2, 0) is 27.8 Å². The molecule has 3 heterocycles. The first-order chi connectivity index (χ1) is 11.2. The molecular weight excluding hydrogens is 351 g/mol. The highest BCUT2D eigenvalue weighted by molar-refractivity contribution is 7.47. The van der Waals surface area contributed by atoms with E-state index in [9.17, 15) is 29.9 Å². The SMILES string of the molecule is C[C@@H]1O[C@@H](O[C@@H]2[C@@H](O)[C@H]3OP(=O)(O)OC[C@H]3O[C@H]2O)[C@@H](O)C[C@@H]1O. The molecule has 3 saturated heterocycles. The third-order valence-electron chi connectivity index (χ3n) is 4.27. The number of phosphoric acid groups is 1. The topological polar surface area (TPSA) is 164 Å². The molecule has 0 amide bonds. The van der Waals surface area contributed by atoms with Crippen LogP contribution in [0.2, 0.25) is 0 Å². The van der Waals surface area contributed by atoms with Gasteiger partial charge in [0.15, 0.2) is 12.6 Å². The molecule has 3 rings (SSSR count). The fourth-order valence-corrected chi connectivity index (χ4v) is 3.86. The minimum Gasteiger partial charge on any atom is -0.390 e. The van der Waals surface area contributed by atoms with Gasteiger partial charge in [-0.1, -0.05) is 0 Å². The van der Waals surface area contributed by atoms with Crippen molar-refractivity contribution in [2.45, 2.75) is 68.7 Å². The minimum atomic E-state index is -4.32.